The smallest absolute Gasteiger partial charge is 0.352 e. The van der Waals surface area contributed by atoms with Crippen LogP contribution in [-0.4, -0.2) is 41.3 Å². The van der Waals surface area contributed by atoms with E-state index in [-0.39, 0.29) is 35.3 Å². The number of esters is 3. The lowest BCUT2D eigenvalue weighted by Crippen LogP contribution is -2.30. The second-order valence-corrected chi connectivity index (χ2v) is 5.80. The molecule has 0 saturated heterocycles. The Morgan fingerprint density at radius 2 is 1.82 bits per heavy atom. The first-order valence-electron chi connectivity index (χ1n) is 8.37. The molecular weight excluding hydrogens is 376 g/mol. The van der Waals surface area contributed by atoms with Crippen molar-refractivity contribution >= 4 is 28.9 Å². The lowest BCUT2D eigenvalue weighted by atomic mass is 9.91. The Morgan fingerprint density at radius 1 is 1.14 bits per heavy atom. The second kappa shape index (κ2) is 7.22. The summed E-state index contributed by atoms with van der Waals surface area (Å²) in [6.07, 6.45) is -2.21. The van der Waals surface area contributed by atoms with E-state index in [1.165, 1.54) is 6.92 Å². The molecule has 0 amide bonds. The Labute approximate surface area is 157 Å². The van der Waals surface area contributed by atoms with Crippen molar-refractivity contribution in [3.8, 4) is 11.5 Å². The average molecular weight is 392 g/mol. The van der Waals surface area contributed by atoms with E-state index in [2.05, 4.69) is 0 Å². The fraction of sp³-hybridized carbons (Fsp3) is 0.333. The van der Waals surface area contributed by atoms with Crippen LogP contribution in [0.4, 0.5) is 0 Å². The molecule has 148 valence electrons. The number of phenolic OH excluding ortho intramolecular Hbond substituents is 2. The van der Waals surface area contributed by atoms with Crippen LogP contribution in [-0.2, 0) is 30.2 Å². The molecule has 2 aromatic rings. The molecule has 28 heavy (non-hydrogen) atoms. The van der Waals surface area contributed by atoms with E-state index in [1.807, 2.05) is 0 Å². The Morgan fingerprint density at radius 3 is 2.46 bits per heavy atom. The van der Waals surface area contributed by atoms with Gasteiger partial charge in [-0.25, -0.2) is 14.4 Å². The molecule has 0 radical (unpaired) electrons. The topological polar surface area (TPSA) is 150 Å². The summed E-state index contributed by atoms with van der Waals surface area (Å²) in [6.45, 7) is 3.14. The fourth-order valence-corrected chi connectivity index (χ4v) is 3.00. The molecular formula is C18H16O10. The highest BCUT2D eigenvalue weighted by Gasteiger charge is 2.40. The van der Waals surface area contributed by atoms with E-state index in [4.69, 9.17) is 18.6 Å². The van der Waals surface area contributed by atoms with Crippen LogP contribution in [0.5, 0.6) is 11.5 Å². The van der Waals surface area contributed by atoms with Gasteiger partial charge in [-0.15, -0.1) is 0 Å². The van der Waals surface area contributed by atoms with Crippen LogP contribution in [0.2, 0.25) is 0 Å². The van der Waals surface area contributed by atoms with Crippen LogP contribution >= 0.6 is 0 Å². The number of rotatable bonds is 5. The molecule has 1 aromatic carbocycles. The second-order valence-electron chi connectivity index (χ2n) is 5.80. The van der Waals surface area contributed by atoms with E-state index >= 15 is 0 Å². The van der Waals surface area contributed by atoms with Crippen LogP contribution in [0.3, 0.4) is 0 Å². The molecule has 1 unspecified atom stereocenters. The van der Waals surface area contributed by atoms with Gasteiger partial charge in [0, 0.05) is 10.9 Å². The third-order valence-corrected chi connectivity index (χ3v) is 4.10. The first kappa shape index (κ1) is 19.2. The van der Waals surface area contributed by atoms with Crippen molar-refractivity contribution in [3.05, 3.63) is 33.2 Å². The lowest BCUT2D eigenvalue weighted by Gasteiger charge is -2.25. The monoisotopic (exact) mass is 392 g/mol. The van der Waals surface area contributed by atoms with Crippen molar-refractivity contribution in [1.82, 2.24) is 0 Å². The number of aromatic hydroxyl groups is 2. The molecule has 0 bridgehead atoms. The highest BCUT2D eigenvalue weighted by Crippen LogP contribution is 2.43. The van der Waals surface area contributed by atoms with E-state index in [0.717, 1.165) is 6.07 Å². The van der Waals surface area contributed by atoms with E-state index in [1.54, 1.807) is 6.92 Å². The van der Waals surface area contributed by atoms with Gasteiger partial charge in [0.1, 0.15) is 0 Å². The predicted octanol–water partition coefficient (Wildman–Crippen LogP) is 1.08. The van der Waals surface area contributed by atoms with Crippen molar-refractivity contribution in [2.75, 3.05) is 13.2 Å². The molecule has 1 aliphatic heterocycles. The van der Waals surface area contributed by atoms with Gasteiger partial charge in [0.25, 0.3) is 0 Å². The molecule has 1 aromatic heterocycles. The summed E-state index contributed by atoms with van der Waals surface area (Å²) < 4.78 is 19.9. The Balaban J connectivity index is 2.38. The highest BCUT2D eigenvalue weighted by molar-refractivity contribution is 6.11. The van der Waals surface area contributed by atoms with Crippen LogP contribution in [0, 0.1) is 0 Å². The van der Waals surface area contributed by atoms with Crippen molar-refractivity contribution in [1.29, 1.82) is 0 Å². The number of hydrogen-bond acceptors (Lipinski definition) is 10. The van der Waals surface area contributed by atoms with Crippen molar-refractivity contribution in [2.24, 2.45) is 0 Å². The molecule has 1 aliphatic rings. The fourth-order valence-electron chi connectivity index (χ4n) is 3.00. The number of cyclic esters (lactones) is 1. The summed E-state index contributed by atoms with van der Waals surface area (Å²) in [5.74, 6) is -4.25. The van der Waals surface area contributed by atoms with Gasteiger partial charge in [0.05, 0.1) is 30.8 Å². The zero-order valence-corrected chi connectivity index (χ0v) is 14.9. The summed E-state index contributed by atoms with van der Waals surface area (Å²) in [4.78, 5) is 49.1. The molecule has 0 saturated carbocycles. The lowest BCUT2D eigenvalue weighted by molar-refractivity contribution is -0.154. The Bertz CT molecular complexity index is 1050. The normalized spacial score (nSPS) is 15.2. The third-order valence-electron chi connectivity index (χ3n) is 4.10. The number of hydrogen-bond donors (Lipinski definition) is 2. The summed E-state index contributed by atoms with van der Waals surface area (Å²) >= 11 is 0. The molecule has 0 aliphatic carbocycles. The Hall–Kier alpha value is -3.56. The first-order valence-corrected chi connectivity index (χ1v) is 8.37. The van der Waals surface area contributed by atoms with E-state index in [9.17, 15) is 29.4 Å². The third kappa shape index (κ3) is 3.02. The van der Waals surface area contributed by atoms with Crippen LogP contribution < -0.4 is 5.63 Å². The minimum atomic E-state index is -1.65. The molecule has 10 nitrogen and oxygen atoms in total. The van der Waals surface area contributed by atoms with Gasteiger partial charge in [0.2, 0.25) is 11.9 Å². The highest BCUT2D eigenvalue weighted by atomic mass is 16.6. The van der Waals surface area contributed by atoms with Gasteiger partial charge in [0.15, 0.2) is 11.3 Å². The standard InChI is InChI=1S/C18H16O10/c1-3-25-10(20)6-8-12-11-7(16(22)28-15(12)18(24)26-4-2)5-9(19)13(21)14(11)27-17(8)23/h5,15,19,21H,3-4,6H2,1-2H3. The minimum Gasteiger partial charge on any atom is -0.504 e. The Kier molecular flexibility index (Phi) is 4.95. The van der Waals surface area contributed by atoms with Crippen LogP contribution in [0.15, 0.2) is 15.3 Å². The van der Waals surface area contributed by atoms with Crippen molar-refractivity contribution in [2.45, 2.75) is 26.4 Å². The number of phenols is 2. The van der Waals surface area contributed by atoms with Crippen molar-refractivity contribution < 1.29 is 43.2 Å². The maximum Gasteiger partial charge on any atom is 0.352 e. The molecule has 3 rings (SSSR count). The van der Waals surface area contributed by atoms with Gasteiger partial charge in [-0.05, 0) is 19.9 Å². The van der Waals surface area contributed by atoms with Gasteiger partial charge in [-0.1, -0.05) is 0 Å². The number of carbonyl (C=O) groups is 3. The SMILES string of the molecule is CCOC(=O)Cc1c2c3c(cc(O)c(O)c3oc1=O)C(=O)OC2C(=O)OCC. The zero-order chi connectivity index (χ0) is 20.6. The number of carbonyl (C=O) groups excluding carboxylic acids is 3. The number of benzene rings is 1. The van der Waals surface area contributed by atoms with E-state index in [0.29, 0.717) is 0 Å². The molecule has 2 heterocycles. The minimum absolute atomic E-state index is 0.0294. The van der Waals surface area contributed by atoms with E-state index < -0.39 is 53.1 Å². The van der Waals surface area contributed by atoms with Gasteiger partial charge in [-0.2, -0.15) is 0 Å². The zero-order valence-electron chi connectivity index (χ0n) is 14.9. The molecule has 10 heteroatoms. The summed E-state index contributed by atoms with van der Waals surface area (Å²) in [5, 5.41) is 19.8. The molecule has 2 N–H and O–H groups in total. The average Bonchev–Trinajstić information content (AvgIpc) is 2.64. The predicted molar refractivity (Wildman–Crippen MR) is 90.9 cm³/mol. The largest absolute Gasteiger partial charge is 0.504 e. The molecule has 0 spiro atoms. The van der Waals surface area contributed by atoms with Crippen LogP contribution in [0.25, 0.3) is 11.0 Å². The van der Waals surface area contributed by atoms with Gasteiger partial charge >= 0.3 is 23.5 Å². The van der Waals surface area contributed by atoms with Gasteiger partial charge in [-0.3, -0.25) is 4.79 Å². The van der Waals surface area contributed by atoms with Crippen LogP contribution in [0.1, 0.15) is 41.4 Å². The summed E-state index contributed by atoms with van der Waals surface area (Å²) in [6, 6.07) is 0.916. The maximum atomic E-state index is 12.5. The maximum absolute atomic E-state index is 12.5. The first-order chi connectivity index (χ1) is 13.3. The summed E-state index contributed by atoms with van der Waals surface area (Å²) in [7, 11) is 0. The number of ether oxygens (including phenoxy) is 3. The molecule has 1 atom stereocenters. The van der Waals surface area contributed by atoms with Crippen molar-refractivity contribution in [3.63, 3.8) is 0 Å². The summed E-state index contributed by atoms with van der Waals surface area (Å²) in [5.41, 5.74) is -2.23. The van der Waals surface area contributed by atoms with Gasteiger partial charge < -0.3 is 28.8 Å². The quantitative estimate of drug-likeness (QED) is 0.327. The molecule has 0 fully saturated rings.